The number of hydrogen-bond donors (Lipinski definition) is 2. The summed E-state index contributed by atoms with van der Waals surface area (Å²) in [6.45, 7) is 1.92. The first-order valence-electron chi connectivity index (χ1n) is 9.08. The number of nitrogens with two attached hydrogens (primary N) is 1. The van der Waals surface area contributed by atoms with Crippen LogP contribution < -0.4 is 10.5 Å². The number of nitrogens with one attached hydrogen (secondary N) is 1. The molecule has 29 heavy (non-hydrogen) atoms. The number of fused-ring (bicyclic) bond motifs is 2. The molecule has 0 radical (unpaired) electrons. The van der Waals surface area contributed by atoms with Crippen molar-refractivity contribution < 1.29 is 9.13 Å². The summed E-state index contributed by atoms with van der Waals surface area (Å²) in [4.78, 5) is 11.8. The molecule has 0 saturated heterocycles. The molecule has 3 N–H and O–H groups in total. The van der Waals surface area contributed by atoms with Gasteiger partial charge in [-0.15, -0.1) is 0 Å². The second kappa shape index (κ2) is 6.59. The maximum absolute atomic E-state index is 13.6. The van der Waals surface area contributed by atoms with E-state index >= 15 is 0 Å². The number of nitrogen functional groups attached to an aromatic ring is 1. The van der Waals surface area contributed by atoms with E-state index in [0.717, 1.165) is 22.3 Å². The monoisotopic (exact) mass is 388 g/mol. The Kier molecular flexibility index (Phi) is 3.90. The van der Waals surface area contributed by atoms with Crippen molar-refractivity contribution in [3.8, 4) is 11.4 Å². The fraction of sp³-hybridized carbons (Fsp3) is 0.0952. The maximum Gasteiger partial charge on any atom is 0.166 e. The van der Waals surface area contributed by atoms with Crippen LogP contribution in [0.1, 0.15) is 18.6 Å². The van der Waals surface area contributed by atoms with E-state index in [-0.39, 0.29) is 17.7 Å². The van der Waals surface area contributed by atoms with Gasteiger partial charge in [0, 0.05) is 23.3 Å². The summed E-state index contributed by atoms with van der Waals surface area (Å²) in [7, 11) is 0. The van der Waals surface area contributed by atoms with Crippen molar-refractivity contribution in [3.05, 3.63) is 72.6 Å². The molecule has 0 bridgehead atoms. The largest absolute Gasteiger partial charge is 0.482 e. The smallest absolute Gasteiger partial charge is 0.166 e. The molecule has 1 atom stereocenters. The number of rotatable bonds is 4. The van der Waals surface area contributed by atoms with Gasteiger partial charge >= 0.3 is 0 Å². The van der Waals surface area contributed by atoms with E-state index in [9.17, 15) is 4.39 Å². The van der Waals surface area contributed by atoms with E-state index in [1.54, 1.807) is 29.3 Å². The minimum absolute atomic E-state index is 0.249. The molecule has 5 rings (SSSR count). The zero-order valence-electron chi connectivity index (χ0n) is 15.5. The van der Waals surface area contributed by atoms with Crippen molar-refractivity contribution in [3.63, 3.8) is 0 Å². The Morgan fingerprint density at radius 3 is 2.90 bits per heavy atom. The average Bonchev–Trinajstić information content (AvgIpc) is 3.39. The molecule has 3 aromatic heterocycles. The SMILES string of the molecule is CC(Oc1cc2cc(F)ccc2nc1N)c1cc2[nH]cnc2cc1-n1cccn1. The van der Waals surface area contributed by atoms with E-state index in [4.69, 9.17) is 10.5 Å². The number of imidazole rings is 1. The third kappa shape index (κ3) is 3.04. The van der Waals surface area contributed by atoms with Crippen molar-refractivity contribution in [2.45, 2.75) is 13.0 Å². The lowest BCUT2D eigenvalue weighted by atomic mass is 10.1. The number of halogens is 1. The minimum Gasteiger partial charge on any atom is -0.482 e. The Morgan fingerprint density at radius 1 is 1.17 bits per heavy atom. The molecular formula is C21H17FN6O. The summed E-state index contributed by atoms with van der Waals surface area (Å²) in [6.07, 6.45) is 4.84. The fourth-order valence-electron chi connectivity index (χ4n) is 3.41. The van der Waals surface area contributed by atoms with Crippen molar-refractivity contribution in [1.82, 2.24) is 24.7 Å². The van der Waals surface area contributed by atoms with Gasteiger partial charge in [0.2, 0.25) is 0 Å². The normalized spacial score (nSPS) is 12.5. The zero-order chi connectivity index (χ0) is 20.0. The molecule has 8 heteroatoms. The zero-order valence-corrected chi connectivity index (χ0v) is 15.5. The number of aromatic amines is 1. The highest BCUT2D eigenvalue weighted by Crippen LogP contribution is 2.33. The summed E-state index contributed by atoms with van der Waals surface area (Å²) < 4.78 is 21.5. The lowest BCUT2D eigenvalue weighted by Crippen LogP contribution is -2.10. The van der Waals surface area contributed by atoms with E-state index in [2.05, 4.69) is 20.1 Å². The van der Waals surface area contributed by atoms with Crippen LogP contribution in [0, 0.1) is 5.82 Å². The molecule has 1 unspecified atom stereocenters. The van der Waals surface area contributed by atoms with Crippen LogP contribution in [0.3, 0.4) is 0 Å². The molecule has 144 valence electrons. The molecular weight excluding hydrogens is 371 g/mol. The highest BCUT2D eigenvalue weighted by atomic mass is 19.1. The minimum atomic E-state index is -0.378. The van der Waals surface area contributed by atoms with Crippen LogP contribution in [0.2, 0.25) is 0 Å². The Labute approximate surface area is 165 Å². The van der Waals surface area contributed by atoms with Crippen LogP contribution in [0.4, 0.5) is 10.2 Å². The Balaban J connectivity index is 1.58. The van der Waals surface area contributed by atoms with Gasteiger partial charge in [-0.25, -0.2) is 19.0 Å². The predicted molar refractivity (Wildman–Crippen MR) is 108 cm³/mol. The number of ether oxygens (including phenoxy) is 1. The number of benzene rings is 2. The van der Waals surface area contributed by atoms with Crippen LogP contribution in [-0.4, -0.2) is 24.7 Å². The predicted octanol–water partition coefficient (Wildman–Crippen LogP) is 4.16. The van der Waals surface area contributed by atoms with Crippen LogP contribution in [0.5, 0.6) is 5.75 Å². The molecule has 3 heterocycles. The third-order valence-electron chi connectivity index (χ3n) is 4.83. The van der Waals surface area contributed by atoms with Gasteiger partial charge in [0.05, 0.1) is 28.6 Å². The van der Waals surface area contributed by atoms with Crippen LogP contribution >= 0.6 is 0 Å². The van der Waals surface area contributed by atoms with E-state index in [1.165, 1.54) is 12.1 Å². The lowest BCUT2D eigenvalue weighted by Gasteiger charge is -2.19. The Hall–Kier alpha value is -3.94. The van der Waals surface area contributed by atoms with Crippen LogP contribution in [0.25, 0.3) is 27.6 Å². The number of nitrogens with zero attached hydrogens (tertiary/aromatic N) is 4. The summed E-state index contributed by atoms with van der Waals surface area (Å²) >= 11 is 0. The first kappa shape index (κ1) is 17.2. The molecule has 2 aromatic carbocycles. The summed E-state index contributed by atoms with van der Waals surface area (Å²) in [6, 6.07) is 11.8. The molecule has 0 aliphatic carbocycles. The fourth-order valence-corrected chi connectivity index (χ4v) is 3.41. The Morgan fingerprint density at radius 2 is 2.07 bits per heavy atom. The van der Waals surface area contributed by atoms with E-state index < -0.39 is 0 Å². The number of anilines is 1. The van der Waals surface area contributed by atoms with Crippen molar-refractivity contribution >= 4 is 27.8 Å². The molecule has 0 fully saturated rings. The van der Waals surface area contributed by atoms with Gasteiger partial charge in [-0.2, -0.15) is 5.10 Å². The molecule has 0 amide bonds. The first-order chi connectivity index (χ1) is 14.1. The van der Waals surface area contributed by atoms with E-state index in [1.807, 2.05) is 31.3 Å². The topological polar surface area (TPSA) is 94.6 Å². The first-order valence-corrected chi connectivity index (χ1v) is 9.08. The molecule has 0 aliphatic rings. The van der Waals surface area contributed by atoms with Crippen molar-refractivity contribution in [2.75, 3.05) is 5.73 Å². The van der Waals surface area contributed by atoms with E-state index in [0.29, 0.717) is 16.7 Å². The number of H-pyrrole nitrogens is 1. The standard InChI is InChI=1S/C21H17FN6O/c1-12(29-20-8-13-7-14(22)3-4-16(13)27-21(20)23)15-9-17-18(25-11-24-17)10-19(15)28-6-2-5-26-28/h2-12H,1H3,(H2,23,27)(H,24,25). The third-order valence-corrected chi connectivity index (χ3v) is 4.83. The van der Waals surface area contributed by atoms with Gasteiger partial charge in [0.25, 0.3) is 0 Å². The van der Waals surface area contributed by atoms with Gasteiger partial charge in [0.1, 0.15) is 11.9 Å². The second-order valence-corrected chi connectivity index (χ2v) is 6.75. The quantitative estimate of drug-likeness (QED) is 0.482. The number of aromatic nitrogens is 5. The summed E-state index contributed by atoms with van der Waals surface area (Å²) in [5.74, 6) is 0.305. The van der Waals surface area contributed by atoms with Crippen molar-refractivity contribution in [1.29, 1.82) is 0 Å². The van der Waals surface area contributed by atoms with Gasteiger partial charge in [-0.1, -0.05) is 0 Å². The highest BCUT2D eigenvalue weighted by molar-refractivity contribution is 5.83. The lowest BCUT2D eigenvalue weighted by molar-refractivity contribution is 0.227. The highest BCUT2D eigenvalue weighted by Gasteiger charge is 2.18. The van der Waals surface area contributed by atoms with Gasteiger partial charge < -0.3 is 15.5 Å². The van der Waals surface area contributed by atoms with Crippen LogP contribution in [-0.2, 0) is 0 Å². The number of pyridine rings is 1. The molecule has 7 nitrogen and oxygen atoms in total. The molecule has 0 aliphatic heterocycles. The van der Waals surface area contributed by atoms with Crippen LogP contribution in [0.15, 0.2) is 61.2 Å². The molecule has 0 saturated carbocycles. The molecule has 5 aromatic rings. The van der Waals surface area contributed by atoms with Gasteiger partial charge in [0.15, 0.2) is 11.6 Å². The maximum atomic E-state index is 13.6. The van der Waals surface area contributed by atoms with Gasteiger partial charge in [-0.05, 0) is 49.4 Å². The van der Waals surface area contributed by atoms with Gasteiger partial charge in [-0.3, -0.25) is 0 Å². The average molecular weight is 388 g/mol. The molecule has 0 spiro atoms. The summed E-state index contributed by atoms with van der Waals surface area (Å²) in [5, 5.41) is 4.96. The second-order valence-electron chi connectivity index (χ2n) is 6.75. The number of hydrogen-bond acceptors (Lipinski definition) is 5. The Bertz CT molecular complexity index is 1330. The van der Waals surface area contributed by atoms with Crippen molar-refractivity contribution in [2.24, 2.45) is 0 Å². The summed E-state index contributed by atoms with van der Waals surface area (Å²) in [5.41, 5.74) is 10.2.